The SMILES string of the molecule is CN=C(NCC(=O)NC(C)C)NC1CC1C.I. The first kappa shape index (κ1) is 16.5. The van der Waals surface area contributed by atoms with Gasteiger partial charge in [-0.3, -0.25) is 9.79 Å². The van der Waals surface area contributed by atoms with E-state index in [2.05, 4.69) is 27.9 Å². The zero-order valence-corrected chi connectivity index (χ0v) is 13.2. The van der Waals surface area contributed by atoms with Crippen molar-refractivity contribution in [3.8, 4) is 0 Å². The number of aliphatic imine (C=N–C) groups is 1. The van der Waals surface area contributed by atoms with E-state index in [-0.39, 0.29) is 42.5 Å². The quantitative estimate of drug-likeness (QED) is 0.396. The number of nitrogens with zero attached hydrogens (tertiary/aromatic N) is 1. The molecule has 5 nitrogen and oxygen atoms in total. The Morgan fingerprint density at radius 1 is 1.47 bits per heavy atom. The van der Waals surface area contributed by atoms with Gasteiger partial charge in [-0.15, -0.1) is 24.0 Å². The maximum Gasteiger partial charge on any atom is 0.239 e. The molecular formula is C11H23IN4O. The van der Waals surface area contributed by atoms with Gasteiger partial charge in [-0.25, -0.2) is 0 Å². The Balaban J connectivity index is 0.00000256. The summed E-state index contributed by atoms with van der Waals surface area (Å²) in [7, 11) is 1.71. The number of amides is 1. The van der Waals surface area contributed by atoms with Crippen LogP contribution < -0.4 is 16.0 Å². The van der Waals surface area contributed by atoms with Crippen LogP contribution in [0.15, 0.2) is 4.99 Å². The van der Waals surface area contributed by atoms with Crippen molar-refractivity contribution in [2.75, 3.05) is 13.6 Å². The number of hydrogen-bond acceptors (Lipinski definition) is 2. The number of hydrogen-bond donors (Lipinski definition) is 3. The Labute approximate surface area is 120 Å². The molecule has 0 aliphatic heterocycles. The number of halogens is 1. The van der Waals surface area contributed by atoms with Gasteiger partial charge < -0.3 is 16.0 Å². The van der Waals surface area contributed by atoms with Crippen LogP contribution in [-0.4, -0.2) is 37.5 Å². The molecule has 0 saturated heterocycles. The van der Waals surface area contributed by atoms with Crippen molar-refractivity contribution in [1.82, 2.24) is 16.0 Å². The minimum atomic E-state index is -0.0122. The van der Waals surface area contributed by atoms with Gasteiger partial charge in [0.25, 0.3) is 0 Å². The Morgan fingerprint density at radius 3 is 2.47 bits per heavy atom. The Kier molecular flexibility index (Phi) is 7.49. The van der Waals surface area contributed by atoms with Crippen molar-refractivity contribution in [1.29, 1.82) is 0 Å². The van der Waals surface area contributed by atoms with Crippen molar-refractivity contribution in [2.24, 2.45) is 10.9 Å². The highest BCUT2D eigenvalue weighted by Gasteiger charge is 2.33. The highest BCUT2D eigenvalue weighted by molar-refractivity contribution is 14.0. The topological polar surface area (TPSA) is 65.5 Å². The molecule has 3 N–H and O–H groups in total. The lowest BCUT2D eigenvalue weighted by Crippen LogP contribution is -2.45. The molecule has 2 atom stereocenters. The molecule has 0 bridgehead atoms. The van der Waals surface area contributed by atoms with Crippen LogP contribution in [0.3, 0.4) is 0 Å². The van der Waals surface area contributed by atoms with Crippen molar-refractivity contribution in [2.45, 2.75) is 39.3 Å². The summed E-state index contributed by atoms with van der Waals surface area (Å²) in [6, 6.07) is 0.687. The molecule has 17 heavy (non-hydrogen) atoms. The van der Waals surface area contributed by atoms with Gasteiger partial charge in [0.2, 0.25) is 5.91 Å². The lowest BCUT2D eigenvalue weighted by Gasteiger charge is -2.12. The summed E-state index contributed by atoms with van der Waals surface area (Å²) in [6.07, 6.45) is 1.18. The van der Waals surface area contributed by atoms with E-state index in [0.717, 1.165) is 0 Å². The van der Waals surface area contributed by atoms with E-state index in [1.165, 1.54) is 6.42 Å². The van der Waals surface area contributed by atoms with Crippen LogP contribution in [0.25, 0.3) is 0 Å². The average molecular weight is 354 g/mol. The van der Waals surface area contributed by atoms with Crippen molar-refractivity contribution < 1.29 is 4.79 Å². The molecule has 1 aliphatic rings. The van der Waals surface area contributed by atoms with E-state index in [9.17, 15) is 4.79 Å². The van der Waals surface area contributed by atoms with E-state index in [4.69, 9.17) is 0 Å². The monoisotopic (exact) mass is 354 g/mol. The van der Waals surface area contributed by atoms with Crippen LogP contribution in [-0.2, 0) is 4.79 Å². The van der Waals surface area contributed by atoms with Gasteiger partial charge in [0.1, 0.15) is 0 Å². The minimum absolute atomic E-state index is 0. The molecule has 1 rings (SSSR count). The second kappa shape index (κ2) is 7.73. The molecular weight excluding hydrogens is 331 g/mol. The maximum atomic E-state index is 11.4. The normalized spacial score (nSPS) is 22.8. The summed E-state index contributed by atoms with van der Waals surface area (Å²) < 4.78 is 0. The van der Waals surface area contributed by atoms with Gasteiger partial charge in [0, 0.05) is 19.1 Å². The predicted molar refractivity (Wildman–Crippen MR) is 80.8 cm³/mol. The van der Waals surface area contributed by atoms with E-state index in [0.29, 0.717) is 17.9 Å². The van der Waals surface area contributed by atoms with Crippen molar-refractivity contribution in [3.05, 3.63) is 0 Å². The van der Waals surface area contributed by atoms with Gasteiger partial charge in [-0.2, -0.15) is 0 Å². The molecule has 0 aromatic heterocycles. The molecule has 1 fully saturated rings. The molecule has 0 spiro atoms. The average Bonchev–Trinajstić information content (AvgIpc) is 2.87. The number of guanidine groups is 1. The smallest absolute Gasteiger partial charge is 0.239 e. The first-order chi connectivity index (χ1) is 7.52. The summed E-state index contributed by atoms with van der Waals surface area (Å²) in [6.45, 7) is 6.34. The van der Waals surface area contributed by atoms with Gasteiger partial charge in [0.15, 0.2) is 5.96 Å². The lowest BCUT2D eigenvalue weighted by molar-refractivity contribution is -0.120. The van der Waals surface area contributed by atoms with E-state index >= 15 is 0 Å². The summed E-state index contributed by atoms with van der Waals surface area (Å²) >= 11 is 0. The molecule has 2 unspecified atom stereocenters. The van der Waals surface area contributed by atoms with Crippen LogP contribution in [0, 0.1) is 5.92 Å². The van der Waals surface area contributed by atoms with Crippen LogP contribution in [0.1, 0.15) is 27.2 Å². The zero-order chi connectivity index (χ0) is 12.1. The molecule has 1 amide bonds. The third-order valence-corrected chi connectivity index (χ3v) is 2.52. The van der Waals surface area contributed by atoms with Crippen LogP contribution in [0.2, 0.25) is 0 Å². The summed E-state index contributed by atoms with van der Waals surface area (Å²) in [5, 5.41) is 9.07. The van der Waals surface area contributed by atoms with Crippen LogP contribution in [0.5, 0.6) is 0 Å². The molecule has 0 radical (unpaired) electrons. The molecule has 6 heteroatoms. The minimum Gasteiger partial charge on any atom is -0.353 e. The first-order valence-electron chi connectivity index (χ1n) is 5.79. The number of carbonyl (C=O) groups excluding carboxylic acids is 1. The van der Waals surface area contributed by atoms with Crippen molar-refractivity contribution >= 4 is 35.8 Å². The summed E-state index contributed by atoms with van der Waals surface area (Å²) in [5.74, 6) is 1.40. The fourth-order valence-electron chi connectivity index (χ4n) is 1.43. The van der Waals surface area contributed by atoms with Gasteiger partial charge >= 0.3 is 0 Å². The van der Waals surface area contributed by atoms with E-state index < -0.39 is 0 Å². The lowest BCUT2D eigenvalue weighted by atomic mass is 10.4. The molecule has 1 saturated carbocycles. The summed E-state index contributed by atoms with van der Waals surface area (Å²) in [5.41, 5.74) is 0. The Bertz CT molecular complexity index is 281. The first-order valence-corrected chi connectivity index (χ1v) is 5.79. The zero-order valence-electron chi connectivity index (χ0n) is 10.9. The van der Waals surface area contributed by atoms with Gasteiger partial charge in [0.05, 0.1) is 6.54 Å². The maximum absolute atomic E-state index is 11.4. The number of rotatable bonds is 4. The number of carbonyl (C=O) groups is 1. The largest absolute Gasteiger partial charge is 0.353 e. The standard InChI is InChI=1S/C11H22N4O.HI/c1-7(2)14-10(16)6-13-11(12-4)15-9-5-8(9)3;/h7-9H,5-6H2,1-4H3,(H,14,16)(H2,12,13,15);1H. The van der Waals surface area contributed by atoms with Crippen LogP contribution in [0.4, 0.5) is 0 Å². The third-order valence-electron chi connectivity index (χ3n) is 2.52. The second-order valence-electron chi connectivity index (χ2n) is 4.61. The van der Waals surface area contributed by atoms with Crippen molar-refractivity contribution in [3.63, 3.8) is 0 Å². The van der Waals surface area contributed by atoms with E-state index in [1.54, 1.807) is 7.05 Å². The fraction of sp³-hybridized carbons (Fsp3) is 0.818. The van der Waals surface area contributed by atoms with E-state index in [1.807, 2.05) is 13.8 Å². The number of nitrogens with one attached hydrogen (secondary N) is 3. The molecule has 1 aliphatic carbocycles. The summed E-state index contributed by atoms with van der Waals surface area (Å²) in [4.78, 5) is 15.5. The van der Waals surface area contributed by atoms with Gasteiger partial charge in [-0.1, -0.05) is 6.92 Å². The van der Waals surface area contributed by atoms with Crippen LogP contribution >= 0.6 is 24.0 Å². The van der Waals surface area contributed by atoms with Gasteiger partial charge in [-0.05, 0) is 26.2 Å². The second-order valence-corrected chi connectivity index (χ2v) is 4.61. The molecule has 0 aromatic carbocycles. The highest BCUT2D eigenvalue weighted by atomic mass is 127. The molecule has 0 aromatic rings. The molecule has 0 heterocycles. The Hall–Kier alpha value is -0.530. The Morgan fingerprint density at radius 2 is 2.06 bits per heavy atom. The molecule has 100 valence electrons. The predicted octanol–water partition coefficient (Wildman–Crippen LogP) is 0.702. The third kappa shape index (κ3) is 6.70. The highest BCUT2D eigenvalue weighted by Crippen LogP contribution is 2.28. The fourth-order valence-corrected chi connectivity index (χ4v) is 1.43.